The third kappa shape index (κ3) is 3.72. The average Bonchev–Trinajstić information content (AvgIpc) is 2.61. The van der Waals surface area contributed by atoms with E-state index in [0.717, 1.165) is 10.9 Å². The van der Waals surface area contributed by atoms with Crippen molar-refractivity contribution in [1.82, 2.24) is 9.88 Å². The summed E-state index contributed by atoms with van der Waals surface area (Å²) >= 11 is 6.00. The Hall–Kier alpha value is -2.43. The topological polar surface area (TPSA) is 53.4 Å². The molecule has 122 valence electrons. The molecule has 0 aliphatic rings. The van der Waals surface area contributed by atoms with E-state index >= 15 is 0 Å². The molecule has 3 rings (SSSR count). The van der Waals surface area contributed by atoms with Gasteiger partial charge in [-0.1, -0.05) is 54.1 Å². The van der Waals surface area contributed by atoms with Crippen LogP contribution in [0.2, 0.25) is 5.02 Å². The summed E-state index contributed by atoms with van der Waals surface area (Å²) in [5, 5.41) is 10.8. The molecule has 0 atom stereocenters. The molecule has 2 aromatic carbocycles. The minimum absolute atomic E-state index is 0.0992. The zero-order valence-corrected chi connectivity index (χ0v) is 13.8. The van der Waals surface area contributed by atoms with Crippen molar-refractivity contribution in [2.45, 2.75) is 6.54 Å². The monoisotopic (exact) mass is 340 g/mol. The first-order chi connectivity index (χ1) is 11.7. The Labute approximate surface area is 145 Å². The summed E-state index contributed by atoms with van der Waals surface area (Å²) in [7, 11) is 0. The van der Waals surface area contributed by atoms with Crippen molar-refractivity contribution in [2.24, 2.45) is 0 Å². The number of carbonyl (C=O) groups excluding carboxylic acids is 1. The predicted molar refractivity (Wildman–Crippen MR) is 95.0 cm³/mol. The molecule has 0 saturated carbocycles. The summed E-state index contributed by atoms with van der Waals surface area (Å²) in [5.41, 5.74) is 2.02. The maximum Gasteiger partial charge on any atom is 0.272 e. The Morgan fingerprint density at radius 3 is 2.58 bits per heavy atom. The first-order valence-electron chi connectivity index (χ1n) is 7.68. The molecule has 1 amide bonds. The second-order valence-electron chi connectivity index (χ2n) is 5.47. The molecule has 5 heteroatoms. The molecule has 1 heterocycles. The van der Waals surface area contributed by atoms with Gasteiger partial charge in [0, 0.05) is 23.5 Å². The number of carbonyl (C=O) groups is 1. The molecule has 1 aromatic heterocycles. The van der Waals surface area contributed by atoms with Gasteiger partial charge in [-0.25, -0.2) is 4.98 Å². The summed E-state index contributed by atoms with van der Waals surface area (Å²) in [6, 6.07) is 18.6. The molecular weight excluding hydrogens is 324 g/mol. The highest BCUT2D eigenvalue weighted by molar-refractivity contribution is 6.31. The molecule has 3 aromatic rings. The first kappa shape index (κ1) is 16.4. The van der Waals surface area contributed by atoms with Gasteiger partial charge in [-0.2, -0.15) is 0 Å². The van der Waals surface area contributed by atoms with Gasteiger partial charge in [0.1, 0.15) is 5.69 Å². The van der Waals surface area contributed by atoms with Gasteiger partial charge in [0.15, 0.2) is 0 Å². The molecule has 0 unspecified atom stereocenters. The van der Waals surface area contributed by atoms with Crippen LogP contribution in [0.4, 0.5) is 0 Å². The number of benzene rings is 2. The Morgan fingerprint density at radius 1 is 1.08 bits per heavy atom. The molecule has 0 fully saturated rings. The quantitative estimate of drug-likeness (QED) is 0.773. The van der Waals surface area contributed by atoms with Crippen molar-refractivity contribution in [2.75, 3.05) is 13.2 Å². The van der Waals surface area contributed by atoms with E-state index < -0.39 is 0 Å². The number of aromatic nitrogens is 1. The molecule has 0 bridgehead atoms. The van der Waals surface area contributed by atoms with E-state index in [1.54, 1.807) is 23.1 Å². The van der Waals surface area contributed by atoms with Crippen LogP contribution in [0.15, 0.2) is 60.7 Å². The number of hydrogen-bond donors (Lipinski definition) is 1. The predicted octanol–water partition coefficient (Wildman–Crippen LogP) is 3.52. The van der Waals surface area contributed by atoms with Gasteiger partial charge in [-0.3, -0.25) is 4.79 Å². The number of aliphatic hydroxyl groups excluding tert-OH is 1. The van der Waals surface area contributed by atoms with Gasteiger partial charge in [-0.05, 0) is 23.8 Å². The van der Waals surface area contributed by atoms with Crippen LogP contribution in [0, 0.1) is 0 Å². The molecule has 0 saturated heterocycles. The van der Waals surface area contributed by atoms with E-state index in [2.05, 4.69) is 4.98 Å². The third-order valence-electron chi connectivity index (χ3n) is 3.75. The van der Waals surface area contributed by atoms with Crippen molar-refractivity contribution < 1.29 is 9.90 Å². The summed E-state index contributed by atoms with van der Waals surface area (Å²) in [4.78, 5) is 18.8. The summed E-state index contributed by atoms with van der Waals surface area (Å²) in [5.74, 6) is -0.213. The number of amides is 1. The summed E-state index contributed by atoms with van der Waals surface area (Å²) in [6.45, 7) is 0.580. The molecular formula is C19H17ClN2O2. The van der Waals surface area contributed by atoms with E-state index in [1.165, 1.54) is 0 Å². The molecule has 24 heavy (non-hydrogen) atoms. The minimum Gasteiger partial charge on any atom is -0.395 e. The smallest absolute Gasteiger partial charge is 0.272 e. The number of pyridine rings is 1. The summed E-state index contributed by atoms with van der Waals surface area (Å²) in [6.07, 6.45) is 0. The van der Waals surface area contributed by atoms with E-state index in [1.807, 2.05) is 42.5 Å². The van der Waals surface area contributed by atoms with Crippen LogP contribution in [0.3, 0.4) is 0 Å². The molecule has 0 aliphatic carbocycles. The molecule has 4 nitrogen and oxygen atoms in total. The van der Waals surface area contributed by atoms with E-state index in [4.69, 9.17) is 11.6 Å². The lowest BCUT2D eigenvalue weighted by Crippen LogP contribution is -2.33. The van der Waals surface area contributed by atoms with Gasteiger partial charge >= 0.3 is 0 Å². The average molecular weight is 341 g/mol. The zero-order valence-electron chi connectivity index (χ0n) is 13.0. The standard InChI is InChI=1S/C19H17ClN2O2/c20-16-8-6-15-7-9-17(21-18(15)12-16)19(24)22(10-11-23)13-14-4-2-1-3-5-14/h1-9,12,23H,10-11,13H2. The molecule has 0 aliphatic heterocycles. The Bertz CT molecular complexity index is 852. The third-order valence-corrected chi connectivity index (χ3v) is 3.98. The van der Waals surface area contributed by atoms with Crippen LogP contribution in [0.1, 0.15) is 16.1 Å². The highest BCUT2D eigenvalue weighted by Crippen LogP contribution is 2.19. The zero-order chi connectivity index (χ0) is 16.9. The lowest BCUT2D eigenvalue weighted by Gasteiger charge is -2.21. The molecule has 1 N–H and O–H groups in total. The second-order valence-corrected chi connectivity index (χ2v) is 5.91. The van der Waals surface area contributed by atoms with Gasteiger partial charge < -0.3 is 10.0 Å². The Morgan fingerprint density at radius 2 is 1.83 bits per heavy atom. The van der Waals surface area contributed by atoms with Gasteiger partial charge in [0.2, 0.25) is 0 Å². The number of halogens is 1. The fraction of sp³-hybridized carbons (Fsp3) is 0.158. The van der Waals surface area contributed by atoms with Crippen LogP contribution in [-0.4, -0.2) is 34.0 Å². The van der Waals surface area contributed by atoms with E-state index in [9.17, 15) is 9.90 Å². The Balaban J connectivity index is 1.89. The number of nitrogens with zero attached hydrogens (tertiary/aromatic N) is 2. The van der Waals surface area contributed by atoms with E-state index in [-0.39, 0.29) is 19.1 Å². The van der Waals surface area contributed by atoms with Crippen LogP contribution >= 0.6 is 11.6 Å². The minimum atomic E-state index is -0.213. The highest BCUT2D eigenvalue weighted by Gasteiger charge is 2.17. The summed E-state index contributed by atoms with van der Waals surface area (Å²) < 4.78 is 0. The maximum absolute atomic E-state index is 12.8. The van der Waals surface area contributed by atoms with Crippen molar-refractivity contribution in [1.29, 1.82) is 0 Å². The van der Waals surface area contributed by atoms with Crippen molar-refractivity contribution in [3.8, 4) is 0 Å². The van der Waals surface area contributed by atoms with Crippen LogP contribution in [0.25, 0.3) is 10.9 Å². The van der Waals surface area contributed by atoms with Crippen LogP contribution < -0.4 is 0 Å². The highest BCUT2D eigenvalue weighted by atomic mass is 35.5. The van der Waals surface area contributed by atoms with Gasteiger partial charge in [-0.15, -0.1) is 0 Å². The molecule has 0 radical (unpaired) electrons. The lowest BCUT2D eigenvalue weighted by molar-refractivity contribution is 0.0702. The maximum atomic E-state index is 12.8. The number of hydrogen-bond acceptors (Lipinski definition) is 3. The lowest BCUT2D eigenvalue weighted by atomic mass is 10.1. The SMILES string of the molecule is O=C(c1ccc2ccc(Cl)cc2n1)N(CCO)Cc1ccccc1. The van der Waals surface area contributed by atoms with Crippen molar-refractivity contribution >= 4 is 28.4 Å². The largest absolute Gasteiger partial charge is 0.395 e. The van der Waals surface area contributed by atoms with Crippen molar-refractivity contribution in [3.05, 3.63) is 76.9 Å². The van der Waals surface area contributed by atoms with Gasteiger partial charge in [0.25, 0.3) is 5.91 Å². The van der Waals surface area contributed by atoms with Crippen molar-refractivity contribution in [3.63, 3.8) is 0 Å². The number of aliphatic hydroxyl groups is 1. The first-order valence-corrected chi connectivity index (χ1v) is 8.05. The second kappa shape index (κ2) is 7.43. The van der Waals surface area contributed by atoms with E-state index in [0.29, 0.717) is 22.8 Å². The Kier molecular flexibility index (Phi) is 5.08. The number of fused-ring (bicyclic) bond motifs is 1. The van der Waals surface area contributed by atoms with Gasteiger partial charge in [0.05, 0.1) is 12.1 Å². The fourth-order valence-corrected chi connectivity index (χ4v) is 2.71. The molecule has 0 spiro atoms. The fourth-order valence-electron chi connectivity index (χ4n) is 2.55. The number of rotatable bonds is 5. The van der Waals surface area contributed by atoms with Crippen LogP contribution in [-0.2, 0) is 6.54 Å². The van der Waals surface area contributed by atoms with Crippen LogP contribution in [0.5, 0.6) is 0 Å². The normalized spacial score (nSPS) is 10.8.